The fourth-order valence-corrected chi connectivity index (χ4v) is 2.85. The van der Waals surface area contributed by atoms with E-state index in [2.05, 4.69) is 5.32 Å². The summed E-state index contributed by atoms with van der Waals surface area (Å²) < 4.78 is 11.1. The van der Waals surface area contributed by atoms with E-state index in [0.717, 1.165) is 5.56 Å². The van der Waals surface area contributed by atoms with Crippen molar-refractivity contribution in [3.8, 4) is 17.6 Å². The largest absolute Gasteiger partial charge is 0.490 e. The molecule has 0 radical (unpaired) electrons. The van der Waals surface area contributed by atoms with Crippen LogP contribution in [0.1, 0.15) is 28.4 Å². The lowest BCUT2D eigenvalue weighted by molar-refractivity contribution is -0.112. The van der Waals surface area contributed by atoms with Crippen molar-refractivity contribution in [2.24, 2.45) is 0 Å². The Balaban J connectivity index is 1.81. The van der Waals surface area contributed by atoms with Crippen molar-refractivity contribution < 1.29 is 19.1 Å². The van der Waals surface area contributed by atoms with Crippen LogP contribution in [0.5, 0.6) is 11.5 Å². The first kappa shape index (κ1) is 22.3. The predicted molar refractivity (Wildman–Crippen MR) is 122 cm³/mol. The van der Waals surface area contributed by atoms with Crippen molar-refractivity contribution in [1.82, 2.24) is 0 Å². The lowest BCUT2D eigenvalue weighted by atomic mass is 10.1. The van der Waals surface area contributed by atoms with Gasteiger partial charge < -0.3 is 14.8 Å². The lowest BCUT2D eigenvalue weighted by Crippen LogP contribution is -2.13. The third-order valence-corrected chi connectivity index (χ3v) is 4.47. The third-order valence-electron chi connectivity index (χ3n) is 4.47. The zero-order valence-electron chi connectivity index (χ0n) is 17.8. The number of nitriles is 1. The standard InChI is InChI=1S/C26H22N2O4/c1-3-31-24-16-19(11-14-23(24)32-26(30)20-7-5-4-6-8-20)15-21(17-27)25(29)28-22-12-9-18(2)10-13-22/h4-16H,3H2,1-2H3,(H,28,29)/b21-15+. The Morgan fingerprint density at radius 3 is 2.38 bits per heavy atom. The van der Waals surface area contributed by atoms with Crippen molar-refractivity contribution in [3.05, 3.63) is 95.1 Å². The maximum atomic E-state index is 12.5. The number of ether oxygens (including phenoxy) is 2. The number of hydrogen-bond acceptors (Lipinski definition) is 5. The van der Waals surface area contributed by atoms with Crippen LogP contribution in [0.2, 0.25) is 0 Å². The number of carbonyl (C=O) groups excluding carboxylic acids is 2. The Morgan fingerprint density at radius 2 is 1.72 bits per heavy atom. The second-order valence-corrected chi connectivity index (χ2v) is 6.88. The van der Waals surface area contributed by atoms with E-state index >= 15 is 0 Å². The molecular weight excluding hydrogens is 404 g/mol. The topological polar surface area (TPSA) is 88.4 Å². The van der Waals surface area contributed by atoms with Crippen molar-refractivity contribution in [1.29, 1.82) is 5.26 Å². The Bertz CT molecular complexity index is 1180. The van der Waals surface area contributed by atoms with Crippen LogP contribution >= 0.6 is 0 Å². The van der Waals surface area contributed by atoms with Gasteiger partial charge in [0.2, 0.25) is 0 Å². The molecule has 0 fully saturated rings. The Kier molecular flexibility index (Phi) is 7.39. The number of carbonyl (C=O) groups is 2. The van der Waals surface area contributed by atoms with Gasteiger partial charge in [0, 0.05) is 5.69 Å². The van der Waals surface area contributed by atoms with E-state index in [1.54, 1.807) is 61.5 Å². The Labute approximate surface area is 186 Å². The molecule has 0 saturated carbocycles. The zero-order chi connectivity index (χ0) is 22.9. The smallest absolute Gasteiger partial charge is 0.343 e. The highest BCUT2D eigenvalue weighted by molar-refractivity contribution is 6.09. The number of amides is 1. The molecule has 0 saturated heterocycles. The molecule has 0 heterocycles. The van der Waals surface area contributed by atoms with Gasteiger partial charge in [0.25, 0.3) is 5.91 Å². The molecule has 0 unspecified atom stereocenters. The third kappa shape index (κ3) is 5.83. The van der Waals surface area contributed by atoms with E-state index in [1.807, 2.05) is 31.2 Å². The van der Waals surface area contributed by atoms with Crippen LogP contribution < -0.4 is 14.8 Å². The highest BCUT2D eigenvalue weighted by atomic mass is 16.6. The molecule has 0 bridgehead atoms. The summed E-state index contributed by atoms with van der Waals surface area (Å²) in [6, 6.07) is 22.7. The van der Waals surface area contributed by atoms with E-state index in [9.17, 15) is 14.9 Å². The molecule has 0 aliphatic carbocycles. The van der Waals surface area contributed by atoms with Crippen LogP contribution in [0.25, 0.3) is 6.08 Å². The van der Waals surface area contributed by atoms with Gasteiger partial charge in [0.15, 0.2) is 11.5 Å². The van der Waals surface area contributed by atoms with Crippen LogP contribution in [-0.2, 0) is 4.79 Å². The molecular formula is C26H22N2O4. The number of aryl methyl sites for hydroxylation is 1. The van der Waals surface area contributed by atoms with Gasteiger partial charge in [-0.2, -0.15) is 5.26 Å². The minimum absolute atomic E-state index is 0.0675. The Hall–Kier alpha value is -4.37. The molecule has 32 heavy (non-hydrogen) atoms. The van der Waals surface area contributed by atoms with E-state index in [1.165, 1.54) is 6.08 Å². The monoisotopic (exact) mass is 426 g/mol. The van der Waals surface area contributed by atoms with Gasteiger partial charge in [-0.25, -0.2) is 4.79 Å². The van der Waals surface area contributed by atoms with Gasteiger partial charge in [0.1, 0.15) is 11.6 Å². The number of hydrogen-bond donors (Lipinski definition) is 1. The van der Waals surface area contributed by atoms with Gasteiger partial charge in [-0.1, -0.05) is 42.0 Å². The van der Waals surface area contributed by atoms with Gasteiger partial charge in [0.05, 0.1) is 12.2 Å². The summed E-state index contributed by atoms with van der Waals surface area (Å²) in [7, 11) is 0. The number of anilines is 1. The highest BCUT2D eigenvalue weighted by Gasteiger charge is 2.14. The number of nitrogens with one attached hydrogen (secondary N) is 1. The van der Waals surface area contributed by atoms with Crippen LogP contribution in [0.4, 0.5) is 5.69 Å². The number of rotatable bonds is 7. The molecule has 0 aliphatic rings. The van der Waals surface area contributed by atoms with E-state index < -0.39 is 11.9 Å². The lowest BCUT2D eigenvalue weighted by Gasteiger charge is -2.12. The summed E-state index contributed by atoms with van der Waals surface area (Å²) in [5.41, 5.74) is 2.57. The molecule has 3 rings (SSSR count). The molecule has 6 heteroatoms. The average molecular weight is 426 g/mol. The summed E-state index contributed by atoms with van der Waals surface area (Å²) in [5.74, 6) is -0.443. The fourth-order valence-electron chi connectivity index (χ4n) is 2.85. The van der Waals surface area contributed by atoms with Crippen molar-refractivity contribution in [2.75, 3.05) is 11.9 Å². The SMILES string of the molecule is CCOc1cc(/C=C(\C#N)C(=O)Nc2ccc(C)cc2)ccc1OC(=O)c1ccccc1. The molecule has 3 aromatic rings. The van der Waals surface area contributed by atoms with E-state index in [4.69, 9.17) is 9.47 Å². The Morgan fingerprint density at radius 1 is 1.00 bits per heavy atom. The summed E-state index contributed by atoms with van der Waals surface area (Å²) in [6.07, 6.45) is 1.45. The normalized spacial score (nSPS) is 10.7. The van der Waals surface area contributed by atoms with Gasteiger partial charge in [-0.05, 0) is 61.9 Å². The van der Waals surface area contributed by atoms with E-state index in [0.29, 0.717) is 29.2 Å². The molecule has 0 atom stereocenters. The minimum Gasteiger partial charge on any atom is -0.490 e. The second-order valence-electron chi connectivity index (χ2n) is 6.88. The van der Waals surface area contributed by atoms with Crippen LogP contribution in [0.15, 0.2) is 78.4 Å². The molecule has 0 aliphatic heterocycles. The van der Waals surface area contributed by atoms with Crippen molar-refractivity contribution in [3.63, 3.8) is 0 Å². The first-order chi connectivity index (χ1) is 15.5. The number of benzene rings is 3. The average Bonchev–Trinajstić information content (AvgIpc) is 2.81. The summed E-state index contributed by atoms with van der Waals surface area (Å²) in [5, 5.41) is 12.2. The minimum atomic E-state index is -0.520. The maximum Gasteiger partial charge on any atom is 0.343 e. The molecule has 0 aromatic heterocycles. The van der Waals surface area contributed by atoms with Crippen LogP contribution in [-0.4, -0.2) is 18.5 Å². The molecule has 1 amide bonds. The molecule has 3 aromatic carbocycles. The van der Waals surface area contributed by atoms with Crippen molar-refractivity contribution >= 4 is 23.6 Å². The molecule has 160 valence electrons. The van der Waals surface area contributed by atoms with Crippen LogP contribution in [0.3, 0.4) is 0 Å². The fraction of sp³-hybridized carbons (Fsp3) is 0.115. The van der Waals surface area contributed by atoms with Gasteiger partial charge in [-0.3, -0.25) is 4.79 Å². The zero-order valence-corrected chi connectivity index (χ0v) is 17.8. The van der Waals surface area contributed by atoms with Crippen molar-refractivity contribution in [2.45, 2.75) is 13.8 Å². The van der Waals surface area contributed by atoms with Gasteiger partial charge in [-0.15, -0.1) is 0 Å². The highest BCUT2D eigenvalue weighted by Crippen LogP contribution is 2.30. The summed E-state index contributed by atoms with van der Waals surface area (Å²) in [6.45, 7) is 4.10. The van der Waals surface area contributed by atoms with Crippen LogP contribution in [0, 0.1) is 18.3 Å². The molecule has 1 N–H and O–H groups in total. The quantitative estimate of drug-likeness (QED) is 0.244. The molecule has 0 spiro atoms. The predicted octanol–water partition coefficient (Wildman–Crippen LogP) is 5.16. The van der Waals surface area contributed by atoms with E-state index in [-0.39, 0.29) is 11.3 Å². The summed E-state index contributed by atoms with van der Waals surface area (Å²) >= 11 is 0. The first-order valence-electron chi connectivity index (χ1n) is 10.0. The summed E-state index contributed by atoms with van der Waals surface area (Å²) in [4.78, 5) is 24.9. The second kappa shape index (κ2) is 10.6. The number of nitrogens with zero attached hydrogens (tertiary/aromatic N) is 1. The number of esters is 1. The first-order valence-corrected chi connectivity index (χ1v) is 10.0. The molecule has 6 nitrogen and oxygen atoms in total. The van der Waals surface area contributed by atoms with Gasteiger partial charge >= 0.3 is 5.97 Å². The maximum absolute atomic E-state index is 12.5.